The Morgan fingerprint density at radius 3 is 2.61 bits per heavy atom. The van der Waals surface area contributed by atoms with Gasteiger partial charge in [-0.15, -0.1) is 24.0 Å². The SMILES string of the molecule is CS(=O)(=O)Cc1ccc(F)cc1CN=C(N)N1CCSCC1.I. The van der Waals surface area contributed by atoms with Crippen molar-refractivity contribution in [3.63, 3.8) is 0 Å². The van der Waals surface area contributed by atoms with Crippen molar-refractivity contribution in [2.24, 2.45) is 10.7 Å². The highest BCUT2D eigenvalue weighted by Gasteiger charge is 2.13. The second kappa shape index (κ2) is 9.07. The van der Waals surface area contributed by atoms with Crippen LogP contribution in [0.4, 0.5) is 4.39 Å². The van der Waals surface area contributed by atoms with Gasteiger partial charge in [0.1, 0.15) is 5.82 Å². The molecule has 23 heavy (non-hydrogen) atoms. The minimum atomic E-state index is -3.19. The summed E-state index contributed by atoms with van der Waals surface area (Å²) in [6.45, 7) is 1.87. The molecule has 1 saturated heterocycles. The van der Waals surface area contributed by atoms with Gasteiger partial charge in [-0.2, -0.15) is 11.8 Å². The van der Waals surface area contributed by atoms with Crippen LogP contribution in [0.25, 0.3) is 0 Å². The molecule has 1 aliphatic heterocycles. The number of hydrogen-bond acceptors (Lipinski definition) is 4. The van der Waals surface area contributed by atoms with E-state index in [1.807, 2.05) is 16.7 Å². The van der Waals surface area contributed by atoms with Crippen LogP contribution >= 0.6 is 35.7 Å². The van der Waals surface area contributed by atoms with Crippen molar-refractivity contribution >= 4 is 51.5 Å². The summed E-state index contributed by atoms with van der Waals surface area (Å²) >= 11 is 1.87. The van der Waals surface area contributed by atoms with Gasteiger partial charge < -0.3 is 10.6 Å². The molecule has 0 saturated carbocycles. The molecule has 2 N–H and O–H groups in total. The number of halogens is 2. The maximum Gasteiger partial charge on any atom is 0.191 e. The monoisotopic (exact) mass is 473 g/mol. The molecule has 5 nitrogen and oxygen atoms in total. The van der Waals surface area contributed by atoms with Crippen LogP contribution in [-0.4, -0.2) is 50.1 Å². The van der Waals surface area contributed by atoms with Crippen LogP contribution in [0.5, 0.6) is 0 Å². The van der Waals surface area contributed by atoms with Crippen LogP contribution in [0.3, 0.4) is 0 Å². The van der Waals surface area contributed by atoms with Crippen LogP contribution in [-0.2, 0) is 22.1 Å². The lowest BCUT2D eigenvalue weighted by Crippen LogP contribution is -2.42. The molecule has 0 aromatic heterocycles. The van der Waals surface area contributed by atoms with E-state index in [1.165, 1.54) is 18.2 Å². The van der Waals surface area contributed by atoms with E-state index < -0.39 is 15.7 Å². The smallest absolute Gasteiger partial charge is 0.191 e. The van der Waals surface area contributed by atoms with E-state index in [0.717, 1.165) is 30.9 Å². The molecule has 0 aliphatic carbocycles. The number of rotatable bonds is 4. The fourth-order valence-corrected chi connectivity index (χ4v) is 3.97. The fraction of sp³-hybridized carbons (Fsp3) is 0.500. The van der Waals surface area contributed by atoms with Crippen molar-refractivity contribution in [2.75, 3.05) is 30.9 Å². The van der Waals surface area contributed by atoms with Crippen LogP contribution in [0.1, 0.15) is 11.1 Å². The molecule has 1 heterocycles. The third kappa shape index (κ3) is 6.84. The lowest BCUT2D eigenvalue weighted by atomic mass is 10.1. The minimum absolute atomic E-state index is 0. The molecule has 1 aromatic rings. The molecule has 2 rings (SSSR count). The van der Waals surface area contributed by atoms with E-state index in [4.69, 9.17) is 5.73 Å². The maximum atomic E-state index is 13.4. The van der Waals surface area contributed by atoms with Crippen molar-refractivity contribution in [1.82, 2.24) is 4.90 Å². The number of sulfone groups is 1. The Labute approximate surface area is 157 Å². The van der Waals surface area contributed by atoms with Crippen LogP contribution in [0.2, 0.25) is 0 Å². The van der Waals surface area contributed by atoms with Crippen molar-refractivity contribution in [3.8, 4) is 0 Å². The second-order valence-electron chi connectivity index (χ2n) is 5.26. The average molecular weight is 473 g/mol. The Morgan fingerprint density at radius 1 is 1.35 bits per heavy atom. The second-order valence-corrected chi connectivity index (χ2v) is 8.62. The molecular weight excluding hydrogens is 452 g/mol. The number of nitrogens with zero attached hydrogens (tertiary/aromatic N) is 2. The zero-order valence-electron chi connectivity index (χ0n) is 12.9. The van der Waals surface area contributed by atoms with Crippen LogP contribution < -0.4 is 5.73 Å². The Bertz CT molecular complexity index is 662. The van der Waals surface area contributed by atoms with Crippen LogP contribution in [0.15, 0.2) is 23.2 Å². The predicted molar refractivity (Wildman–Crippen MR) is 105 cm³/mol. The summed E-state index contributed by atoms with van der Waals surface area (Å²) in [5, 5.41) is 0. The maximum absolute atomic E-state index is 13.4. The first-order valence-electron chi connectivity index (χ1n) is 6.93. The first-order valence-corrected chi connectivity index (χ1v) is 10.1. The van der Waals surface area contributed by atoms with Gasteiger partial charge in [0.05, 0.1) is 12.3 Å². The van der Waals surface area contributed by atoms with Crippen molar-refractivity contribution < 1.29 is 12.8 Å². The predicted octanol–water partition coefficient (Wildman–Crippen LogP) is 1.85. The van der Waals surface area contributed by atoms with E-state index in [-0.39, 0.29) is 36.3 Å². The van der Waals surface area contributed by atoms with E-state index >= 15 is 0 Å². The molecule has 1 aromatic carbocycles. The highest BCUT2D eigenvalue weighted by atomic mass is 127. The highest BCUT2D eigenvalue weighted by Crippen LogP contribution is 2.16. The Balaban J connectivity index is 0.00000264. The lowest BCUT2D eigenvalue weighted by molar-refractivity contribution is 0.455. The summed E-state index contributed by atoms with van der Waals surface area (Å²) in [6.07, 6.45) is 1.16. The summed E-state index contributed by atoms with van der Waals surface area (Å²) in [7, 11) is -3.19. The Hall–Kier alpha value is -0.550. The molecule has 0 unspecified atom stereocenters. The summed E-state index contributed by atoms with van der Waals surface area (Å²) < 4.78 is 36.3. The number of guanidine groups is 1. The molecule has 0 radical (unpaired) electrons. The zero-order valence-corrected chi connectivity index (χ0v) is 16.8. The van der Waals surface area contributed by atoms with Gasteiger partial charge in [0.15, 0.2) is 15.8 Å². The number of thioether (sulfide) groups is 1. The molecule has 0 bridgehead atoms. The number of aliphatic imine (C=N–C) groups is 1. The Morgan fingerprint density at radius 2 is 2.00 bits per heavy atom. The Kier molecular flexibility index (Phi) is 8.08. The van der Waals surface area contributed by atoms with Gasteiger partial charge in [-0.3, -0.25) is 0 Å². The molecule has 1 aliphatic rings. The molecular formula is C14H21FIN3O2S2. The summed E-state index contributed by atoms with van der Waals surface area (Å²) in [6, 6.07) is 4.08. The van der Waals surface area contributed by atoms with Crippen molar-refractivity contribution in [3.05, 3.63) is 35.1 Å². The third-order valence-corrected chi connectivity index (χ3v) is 5.11. The van der Waals surface area contributed by atoms with Gasteiger partial charge >= 0.3 is 0 Å². The summed E-state index contributed by atoms with van der Waals surface area (Å²) in [5.74, 6) is 1.91. The summed E-state index contributed by atoms with van der Waals surface area (Å²) in [4.78, 5) is 6.29. The van der Waals surface area contributed by atoms with Gasteiger partial charge in [-0.1, -0.05) is 6.07 Å². The van der Waals surface area contributed by atoms with Gasteiger partial charge in [0.2, 0.25) is 0 Å². The highest BCUT2D eigenvalue weighted by molar-refractivity contribution is 14.0. The van der Waals surface area contributed by atoms with E-state index in [0.29, 0.717) is 17.1 Å². The molecule has 9 heteroatoms. The van der Waals surface area contributed by atoms with Crippen molar-refractivity contribution in [2.45, 2.75) is 12.3 Å². The normalized spacial score (nSPS) is 16.1. The van der Waals surface area contributed by atoms with Crippen LogP contribution in [0, 0.1) is 5.82 Å². The van der Waals surface area contributed by atoms with Gasteiger partial charge in [0.25, 0.3) is 0 Å². The quantitative estimate of drug-likeness (QED) is 0.411. The fourth-order valence-electron chi connectivity index (χ4n) is 2.22. The standard InChI is InChI=1S/C14H20FN3O2S2.HI/c1-22(19,20)10-11-2-3-13(15)8-12(11)9-17-14(16)18-4-6-21-7-5-18;/h2-3,8H,4-7,9-10H2,1H3,(H2,16,17);1H. The topological polar surface area (TPSA) is 75.8 Å². The third-order valence-electron chi connectivity index (χ3n) is 3.33. The average Bonchev–Trinajstić information content (AvgIpc) is 2.47. The van der Waals surface area contributed by atoms with Crippen molar-refractivity contribution in [1.29, 1.82) is 0 Å². The summed E-state index contributed by atoms with van der Waals surface area (Å²) in [5.41, 5.74) is 7.09. The number of hydrogen-bond donors (Lipinski definition) is 1. The molecule has 0 atom stereocenters. The van der Waals surface area contributed by atoms with E-state index in [1.54, 1.807) is 0 Å². The lowest BCUT2D eigenvalue weighted by Gasteiger charge is -2.27. The number of nitrogens with two attached hydrogens (primary N) is 1. The zero-order chi connectivity index (χ0) is 16.2. The largest absolute Gasteiger partial charge is 0.370 e. The minimum Gasteiger partial charge on any atom is -0.370 e. The molecule has 0 amide bonds. The number of benzene rings is 1. The first-order chi connectivity index (χ1) is 10.3. The van der Waals surface area contributed by atoms with Gasteiger partial charge in [-0.25, -0.2) is 17.8 Å². The molecule has 0 spiro atoms. The molecule has 1 fully saturated rings. The van der Waals surface area contributed by atoms with E-state index in [9.17, 15) is 12.8 Å². The first kappa shape index (κ1) is 20.5. The van der Waals surface area contributed by atoms with E-state index in [2.05, 4.69) is 4.99 Å². The molecule has 130 valence electrons. The van der Waals surface area contributed by atoms with Gasteiger partial charge in [0, 0.05) is 30.9 Å². The van der Waals surface area contributed by atoms with Gasteiger partial charge in [-0.05, 0) is 23.3 Å².